The quantitative estimate of drug-likeness (QED) is 0.671. The monoisotopic (exact) mass is 443 g/mol. The first-order chi connectivity index (χ1) is 16.2. The number of H-pyrrole nitrogens is 1. The highest BCUT2D eigenvalue weighted by Gasteiger charge is 2.38. The number of fused-ring (bicyclic) bond motifs is 2. The van der Waals surface area contributed by atoms with Crippen LogP contribution in [-0.4, -0.2) is 54.5 Å². The summed E-state index contributed by atoms with van der Waals surface area (Å²) in [6.07, 6.45) is 5.24. The van der Waals surface area contributed by atoms with Crippen molar-refractivity contribution in [1.29, 1.82) is 0 Å². The maximum absolute atomic E-state index is 13.2. The van der Waals surface area contributed by atoms with Crippen LogP contribution in [-0.2, 0) is 9.59 Å². The summed E-state index contributed by atoms with van der Waals surface area (Å²) >= 11 is 0. The van der Waals surface area contributed by atoms with Crippen molar-refractivity contribution in [2.45, 2.75) is 12.8 Å². The van der Waals surface area contributed by atoms with E-state index in [-0.39, 0.29) is 24.2 Å². The van der Waals surface area contributed by atoms with Crippen LogP contribution in [0.2, 0.25) is 0 Å². The van der Waals surface area contributed by atoms with Crippen LogP contribution in [0.4, 0.5) is 5.69 Å². The van der Waals surface area contributed by atoms with E-state index in [9.17, 15) is 9.59 Å². The Morgan fingerprint density at radius 2 is 1.91 bits per heavy atom. The van der Waals surface area contributed by atoms with Gasteiger partial charge in [-0.1, -0.05) is 24.3 Å². The Labute approximate surface area is 191 Å². The molecule has 1 atom stereocenters. The Morgan fingerprint density at radius 3 is 2.76 bits per heavy atom. The normalized spacial score (nSPS) is 20.3. The number of anilines is 1. The Hall–Kier alpha value is -3.74. The van der Waals surface area contributed by atoms with Gasteiger partial charge in [0.05, 0.1) is 5.92 Å². The number of para-hydroxylation sites is 1. The fourth-order valence-electron chi connectivity index (χ4n) is 5.03. The molecule has 0 aliphatic carbocycles. The number of benzene rings is 2. The van der Waals surface area contributed by atoms with E-state index in [2.05, 4.69) is 29.4 Å². The molecule has 0 bridgehead atoms. The highest BCUT2D eigenvalue weighted by atomic mass is 16.6. The molecule has 1 saturated heterocycles. The van der Waals surface area contributed by atoms with Crippen molar-refractivity contribution >= 4 is 34.0 Å². The van der Waals surface area contributed by atoms with Crippen LogP contribution in [0.25, 0.3) is 16.5 Å². The van der Waals surface area contributed by atoms with Gasteiger partial charge in [-0.25, -0.2) is 0 Å². The Bertz CT molecular complexity index is 1280. The van der Waals surface area contributed by atoms with Crippen molar-refractivity contribution in [1.82, 2.24) is 9.88 Å². The third kappa shape index (κ3) is 3.53. The highest BCUT2D eigenvalue weighted by molar-refractivity contribution is 6.01. The molecule has 1 aromatic heterocycles. The smallest absolute Gasteiger partial charge is 0.228 e. The van der Waals surface area contributed by atoms with E-state index in [0.29, 0.717) is 44.3 Å². The molecule has 1 fully saturated rings. The number of aromatic nitrogens is 1. The van der Waals surface area contributed by atoms with Gasteiger partial charge in [0.2, 0.25) is 11.8 Å². The van der Waals surface area contributed by atoms with E-state index >= 15 is 0 Å². The SMILES string of the molecule is O=C(C1CC(=O)N(c2ccc3c(c2)OCCO3)C1)N1CC=C(c2c[nH]c3ccccc23)CC1. The Balaban J connectivity index is 1.15. The first-order valence-corrected chi connectivity index (χ1v) is 11.4. The fourth-order valence-corrected chi connectivity index (χ4v) is 5.03. The molecule has 168 valence electrons. The maximum Gasteiger partial charge on any atom is 0.228 e. The van der Waals surface area contributed by atoms with Crippen LogP contribution in [0.3, 0.4) is 0 Å². The van der Waals surface area contributed by atoms with E-state index in [4.69, 9.17) is 9.47 Å². The van der Waals surface area contributed by atoms with Crippen molar-refractivity contribution < 1.29 is 19.1 Å². The second kappa shape index (κ2) is 7.99. The maximum atomic E-state index is 13.2. The first kappa shape index (κ1) is 19.9. The van der Waals surface area contributed by atoms with Crippen LogP contribution in [0.15, 0.2) is 54.7 Å². The molecule has 33 heavy (non-hydrogen) atoms. The lowest BCUT2D eigenvalue weighted by Gasteiger charge is -2.29. The molecule has 2 amide bonds. The van der Waals surface area contributed by atoms with Crippen molar-refractivity contribution in [2.75, 3.05) is 37.7 Å². The fraction of sp³-hybridized carbons (Fsp3) is 0.308. The van der Waals surface area contributed by atoms with Gasteiger partial charge >= 0.3 is 0 Å². The molecular formula is C26H25N3O4. The molecule has 6 rings (SSSR count). The van der Waals surface area contributed by atoms with Gasteiger partial charge in [-0.05, 0) is 30.2 Å². The van der Waals surface area contributed by atoms with E-state index in [0.717, 1.165) is 17.6 Å². The summed E-state index contributed by atoms with van der Waals surface area (Å²) in [7, 11) is 0. The Morgan fingerprint density at radius 1 is 1.06 bits per heavy atom. The number of rotatable bonds is 3. The van der Waals surface area contributed by atoms with Crippen LogP contribution >= 0.6 is 0 Å². The van der Waals surface area contributed by atoms with Gasteiger partial charge in [0.1, 0.15) is 13.2 Å². The molecule has 1 N–H and O–H groups in total. The molecule has 7 heteroatoms. The molecule has 0 radical (unpaired) electrons. The lowest BCUT2D eigenvalue weighted by Crippen LogP contribution is -2.39. The van der Waals surface area contributed by atoms with Crippen LogP contribution in [0, 0.1) is 5.92 Å². The lowest BCUT2D eigenvalue weighted by atomic mass is 9.98. The van der Waals surface area contributed by atoms with Gasteiger partial charge in [-0.2, -0.15) is 0 Å². The number of hydrogen-bond acceptors (Lipinski definition) is 4. The molecule has 7 nitrogen and oxygen atoms in total. The van der Waals surface area contributed by atoms with E-state index in [1.54, 1.807) is 4.90 Å². The summed E-state index contributed by atoms with van der Waals surface area (Å²) in [4.78, 5) is 32.9. The summed E-state index contributed by atoms with van der Waals surface area (Å²) in [5.74, 6) is 1.03. The second-order valence-electron chi connectivity index (χ2n) is 8.74. The second-order valence-corrected chi connectivity index (χ2v) is 8.74. The molecule has 3 aliphatic heterocycles. The zero-order chi connectivity index (χ0) is 22.4. The standard InChI is InChI=1S/C26H25N3O4/c30-25-13-18(16-29(25)19-5-6-23-24(14-19)33-12-11-32-23)26(31)28-9-7-17(8-10-28)21-15-27-22-4-2-1-3-20(21)22/h1-7,14-15,18,27H,8-13,16H2. The zero-order valence-corrected chi connectivity index (χ0v) is 18.3. The van der Waals surface area contributed by atoms with Gasteiger partial charge in [-0.3, -0.25) is 9.59 Å². The predicted molar refractivity (Wildman–Crippen MR) is 125 cm³/mol. The highest BCUT2D eigenvalue weighted by Crippen LogP contribution is 2.36. The number of hydrogen-bond donors (Lipinski definition) is 1. The third-order valence-corrected chi connectivity index (χ3v) is 6.77. The van der Waals surface area contributed by atoms with Crippen LogP contribution in [0.1, 0.15) is 18.4 Å². The number of aromatic amines is 1. The zero-order valence-electron chi connectivity index (χ0n) is 18.3. The molecule has 1 unspecified atom stereocenters. The minimum atomic E-state index is -0.325. The molecule has 0 spiro atoms. The molecule has 3 aliphatic rings. The van der Waals surface area contributed by atoms with Gasteiger partial charge in [0.15, 0.2) is 11.5 Å². The van der Waals surface area contributed by atoms with Gasteiger partial charge in [0.25, 0.3) is 0 Å². The van der Waals surface area contributed by atoms with Crippen molar-refractivity contribution in [3.05, 3.63) is 60.3 Å². The van der Waals surface area contributed by atoms with Crippen molar-refractivity contribution in [3.63, 3.8) is 0 Å². The number of nitrogens with one attached hydrogen (secondary N) is 1. The molecule has 0 saturated carbocycles. The molecular weight excluding hydrogens is 418 g/mol. The minimum absolute atomic E-state index is 0.0305. The van der Waals surface area contributed by atoms with Crippen molar-refractivity contribution in [3.8, 4) is 11.5 Å². The lowest BCUT2D eigenvalue weighted by molar-refractivity contribution is -0.135. The van der Waals surface area contributed by atoms with Gasteiger partial charge in [-0.15, -0.1) is 0 Å². The van der Waals surface area contributed by atoms with Crippen LogP contribution < -0.4 is 14.4 Å². The molecule has 3 aromatic rings. The minimum Gasteiger partial charge on any atom is -0.486 e. The van der Waals surface area contributed by atoms with E-state index < -0.39 is 0 Å². The third-order valence-electron chi connectivity index (χ3n) is 6.77. The largest absolute Gasteiger partial charge is 0.486 e. The number of carbonyl (C=O) groups excluding carboxylic acids is 2. The average molecular weight is 444 g/mol. The number of carbonyl (C=O) groups is 2. The first-order valence-electron chi connectivity index (χ1n) is 11.4. The Kier molecular flexibility index (Phi) is 4.82. The van der Waals surface area contributed by atoms with Crippen molar-refractivity contribution in [2.24, 2.45) is 5.92 Å². The predicted octanol–water partition coefficient (Wildman–Crippen LogP) is 3.61. The molecule has 2 aromatic carbocycles. The summed E-state index contributed by atoms with van der Waals surface area (Å²) in [5.41, 5.74) is 4.34. The van der Waals surface area contributed by atoms with Gasteiger partial charge in [0, 0.05) is 60.5 Å². The molecule has 4 heterocycles. The summed E-state index contributed by atoms with van der Waals surface area (Å²) in [5, 5.41) is 1.21. The number of ether oxygens (including phenoxy) is 2. The summed E-state index contributed by atoms with van der Waals surface area (Å²) in [6, 6.07) is 13.8. The van der Waals surface area contributed by atoms with E-state index in [1.165, 1.54) is 16.5 Å². The summed E-state index contributed by atoms with van der Waals surface area (Å²) < 4.78 is 11.2. The van der Waals surface area contributed by atoms with Crippen LogP contribution in [0.5, 0.6) is 11.5 Å². The van der Waals surface area contributed by atoms with E-state index in [1.807, 2.05) is 35.2 Å². The topological polar surface area (TPSA) is 74.9 Å². The average Bonchev–Trinajstić information content (AvgIpc) is 3.47. The summed E-state index contributed by atoms with van der Waals surface area (Å²) in [6.45, 7) is 2.65. The number of amides is 2. The van der Waals surface area contributed by atoms with Gasteiger partial charge < -0.3 is 24.3 Å². The number of nitrogens with zero attached hydrogens (tertiary/aromatic N) is 2.